The molecular weight excluding hydrogens is 280 g/mol. The Bertz CT molecular complexity index is 399. The van der Waals surface area contributed by atoms with Gasteiger partial charge in [0.2, 0.25) is 5.91 Å². The largest absolute Gasteiger partial charge is 0.355 e. The van der Waals surface area contributed by atoms with Crippen molar-refractivity contribution < 1.29 is 4.79 Å². The van der Waals surface area contributed by atoms with Crippen molar-refractivity contribution in [1.29, 1.82) is 0 Å². The Balaban J connectivity index is 0.00000324. The van der Waals surface area contributed by atoms with Crippen LogP contribution in [0.1, 0.15) is 17.5 Å². The minimum absolute atomic E-state index is 0. The summed E-state index contributed by atoms with van der Waals surface area (Å²) in [5.74, 6) is 0.954. The number of likely N-dealkylation sites (N-methyl/N-ethyl adjacent to an activating group) is 1. The summed E-state index contributed by atoms with van der Waals surface area (Å²) >= 11 is 1.73. The predicted molar refractivity (Wildman–Crippen MR) is 85.4 cm³/mol. The molecule has 0 bridgehead atoms. The van der Waals surface area contributed by atoms with Crippen LogP contribution in [-0.4, -0.2) is 31.8 Å². The zero-order chi connectivity index (χ0) is 13.4. The van der Waals surface area contributed by atoms with E-state index in [0.29, 0.717) is 13.0 Å². The van der Waals surface area contributed by atoms with Crippen LogP contribution in [0.4, 0.5) is 0 Å². The van der Waals surface area contributed by atoms with Crippen LogP contribution in [0, 0.1) is 13.8 Å². The van der Waals surface area contributed by atoms with E-state index in [1.165, 1.54) is 16.0 Å². The lowest BCUT2D eigenvalue weighted by atomic mass is 10.1. The van der Waals surface area contributed by atoms with Crippen LogP contribution < -0.4 is 10.6 Å². The van der Waals surface area contributed by atoms with Crippen molar-refractivity contribution in [2.24, 2.45) is 0 Å². The van der Waals surface area contributed by atoms with Gasteiger partial charge in [-0.25, -0.2) is 0 Å². The number of amides is 1. The topological polar surface area (TPSA) is 41.1 Å². The zero-order valence-electron chi connectivity index (χ0n) is 11.8. The first-order valence-electron chi connectivity index (χ1n) is 6.25. The molecular formula is C14H23ClN2OS. The molecule has 0 saturated carbocycles. The van der Waals surface area contributed by atoms with Gasteiger partial charge in [0.15, 0.2) is 0 Å². The molecule has 3 nitrogen and oxygen atoms in total. The molecule has 0 radical (unpaired) electrons. The molecule has 0 spiro atoms. The Kier molecular flexibility index (Phi) is 9.74. The molecule has 0 heterocycles. The maximum Gasteiger partial charge on any atom is 0.220 e. The van der Waals surface area contributed by atoms with Gasteiger partial charge in [0.25, 0.3) is 0 Å². The highest BCUT2D eigenvalue weighted by Crippen LogP contribution is 2.21. The number of aryl methyl sites for hydroxylation is 2. The number of hydrogen-bond acceptors (Lipinski definition) is 3. The van der Waals surface area contributed by atoms with E-state index in [-0.39, 0.29) is 18.3 Å². The fourth-order valence-corrected chi connectivity index (χ4v) is 2.43. The average Bonchev–Trinajstić information content (AvgIpc) is 2.34. The van der Waals surface area contributed by atoms with Crippen molar-refractivity contribution in [3.63, 3.8) is 0 Å². The standard InChI is InChI=1S/C14H22N2OS.ClH/c1-11-4-5-13(10-12(11)2)18-9-6-14(17)16-8-7-15-3;/h4-5,10,15H,6-9H2,1-3H3,(H,16,17);1H. The third-order valence-electron chi connectivity index (χ3n) is 2.77. The molecule has 0 atom stereocenters. The molecule has 2 N–H and O–H groups in total. The molecule has 1 amide bonds. The van der Waals surface area contributed by atoms with Crippen LogP contribution in [0.5, 0.6) is 0 Å². The van der Waals surface area contributed by atoms with Crippen LogP contribution in [-0.2, 0) is 4.79 Å². The molecule has 5 heteroatoms. The molecule has 1 rings (SSSR count). The van der Waals surface area contributed by atoms with Gasteiger partial charge in [-0.1, -0.05) is 6.07 Å². The summed E-state index contributed by atoms with van der Waals surface area (Å²) < 4.78 is 0. The van der Waals surface area contributed by atoms with Crippen molar-refractivity contribution in [1.82, 2.24) is 10.6 Å². The highest BCUT2D eigenvalue weighted by atomic mass is 35.5. The summed E-state index contributed by atoms with van der Waals surface area (Å²) in [5.41, 5.74) is 2.61. The van der Waals surface area contributed by atoms with Gasteiger partial charge in [-0.2, -0.15) is 0 Å². The second-order valence-corrected chi connectivity index (χ2v) is 5.47. The fourth-order valence-electron chi connectivity index (χ4n) is 1.48. The number of rotatable bonds is 7. The smallest absolute Gasteiger partial charge is 0.220 e. The number of thioether (sulfide) groups is 1. The van der Waals surface area contributed by atoms with Gasteiger partial charge >= 0.3 is 0 Å². The molecule has 19 heavy (non-hydrogen) atoms. The number of hydrogen-bond donors (Lipinski definition) is 2. The van der Waals surface area contributed by atoms with Gasteiger partial charge in [0.1, 0.15) is 0 Å². The first-order chi connectivity index (χ1) is 8.63. The summed E-state index contributed by atoms with van der Waals surface area (Å²) in [6, 6.07) is 6.43. The number of carbonyl (C=O) groups excluding carboxylic acids is 1. The van der Waals surface area contributed by atoms with Gasteiger partial charge in [-0.15, -0.1) is 24.2 Å². The maximum atomic E-state index is 11.5. The lowest BCUT2D eigenvalue weighted by Crippen LogP contribution is -2.30. The molecule has 0 aromatic heterocycles. The van der Waals surface area contributed by atoms with E-state index < -0.39 is 0 Å². The third kappa shape index (κ3) is 7.45. The van der Waals surface area contributed by atoms with E-state index in [1.54, 1.807) is 11.8 Å². The van der Waals surface area contributed by atoms with E-state index in [2.05, 4.69) is 42.7 Å². The quantitative estimate of drug-likeness (QED) is 0.601. The SMILES string of the molecule is CNCCNC(=O)CCSc1ccc(C)c(C)c1.Cl. The van der Waals surface area contributed by atoms with Crippen molar-refractivity contribution in [3.05, 3.63) is 29.3 Å². The van der Waals surface area contributed by atoms with Crippen molar-refractivity contribution in [2.75, 3.05) is 25.9 Å². The fraction of sp³-hybridized carbons (Fsp3) is 0.500. The predicted octanol–water partition coefficient (Wildman–Crippen LogP) is 2.54. The van der Waals surface area contributed by atoms with Gasteiger partial charge in [-0.05, 0) is 44.2 Å². The number of halogens is 1. The lowest BCUT2D eigenvalue weighted by Gasteiger charge is -2.06. The Morgan fingerprint density at radius 1 is 1.21 bits per heavy atom. The van der Waals surface area contributed by atoms with Gasteiger partial charge in [-0.3, -0.25) is 4.79 Å². The second-order valence-electron chi connectivity index (χ2n) is 4.30. The molecule has 108 valence electrons. The van der Waals surface area contributed by atoms with E-state index in [4.69, 9.17) is 0 Å². The first kappa shape index (κ1) is 18.3. The van der Waals surface area contributed by atoms with Crippen LogP contribution >= 0.6 is 24.2 Å². The molecule has 1 aromatic rings. The highest BCUT2D eigenvalue weighted by Gasteiger charge is 2.02. The summed E-state index contributed by atoms with van der Waals surface area (Å²) in [4.78, 5) is 12.7. The highest BCUT2D eigenvalue weighted by molar-refractivity contribution is 7.99. The summed E-state index contributed by atoms with van der Waals surface area (Å²) in [6.45, 7) is 5.74. The van der Waals surface area contributed by atoms with Gasteiger partial charge in [0.05, 0.1) is 0 Å². The van der Waals surface area contributed by atoms with E-state index in [0.717, 1.165) is 12.3 Å². The average molecular weight is 303 g/mol. The van der Waals surface area contributed by atoms with E-state index >= 15 is 0 Å². The molecule has 0 aliphatic heterocycles. The minimum Gasteiger partial charge on any atom is -0.355 e. The van der Waals surface area contributed by atoms with Crippen molar-refractivity contribution >= 4 is 30.1 Å². The van der Waals surface area contributed by atoms with E-state index in [9.17, 15) is 4.79 Å². The van der Waals surface area contributed by atoms with Crippen LogP contribution in [0.25, 0.3) is 0 Å². The van der Waals surface area contributed by atoms with Crippen LogP contribution in [0.15, 0.2) is 23.1 Å². The molecule has 0 aliphatic carbocycles. The minimum atomic E-state index is 0. The summed E-state index contributed by atoms with van der Waals surface area (Å²) in [6.07, 6.45) is 0.571. The molecule has 1 aromatic carbocycles. The Hall–Kier alpha value is -0.710. The normalized spacial score (nSPS) is 9.84. The summed E-state index contributed by atoms with van der Waals surface area (Å²) in [7, 11) is 1.88. The number of nitrogens with one attached hydrogen (secondary N) is 2. The second kappa shape index (κ2) is 10.1. The number of carbonyl (C=O) groups is 1. The van der Waals surface area contributed by atoms with Crippen molar-refractivity contribution in [2.45, 2.75) is 25.2 Å². The maximum absolute atomic E-state index is 11.5. The third-order valence-corrected chi connectivity index (χ3v) is 3.77. The lowest BCUT2D eigenvalue weighted by molar-refractivity contribution is -0.120. The van der Waals surface area contributed by atoms with E-state index in [1.807, 2.05) is 7.05 Å². The molecule has 0 saturated heterocycles. The summed E-state index contributed by atoms with van der Waals surface area (Å²) in [5, 5.41) is 5.87. The van der Waals surface area contributed by atoms with Crippen LogP contribution in [0.3, 0.4) is 0 Å². The molecule has 0 aliphatic rings. The molecule has 0 unspecified atom stereocenters. The monoisotopic (exact) mass is 302 g/mol. The Morgan fingerprint density at radius 3 is 2.58 bits per heavy atom. The molecule has 0 fully saturated rings. The van der Waals surface area contributed by atoms with Crippen LogP contribution in [0.2, 0.25) is 0 Å². The Labute approximate surface area is 126 Å². The zero-order valence-corrected chi connectivity index (χ0v) is 13.4. The first-order valence-corrected chi connectivity index (χ1v) is 7.23. The van der Waals surface area contributed by atoms with Gasteiger partial charge < -0.3 is 10.6 Å². The van der Waals surface area contributed by atoms with Gasteiger partial charge in [0, 0.05) is 30.2 Å². The Morgan fingerprint density at radius 2 is 1.95 bits per heavy atom. The van der Waals surface area contributed by atoms with Crippen molar-refractivity contribution in [3.8, 4) is 0 Å². The number of benzene rings is 1.